The van der Waals surface area contributed by atoms with Gasteiger partial charge in [0.05, 0.1) is 6.33 Å². The predicted octanol–water partition coefficient (Wildman–Crippen LogP) is 1.27. The Balaban J connectivity index is 1.71. The van der Waals surface area contributed by atoms with E-state index in [1.165, 1.54) is 29.4 Å². The van der Waals surface area contributed by atoms with Gasteiger partial charge in [0, 0.05) is 5.69 Å². The van der Waals surface area contributed by atoms with E-state index in [4.69, 9.17) is 11.2 Å². The lowest BCUT2D eigenvalue weighted by atomic mass is 10.1. The van der Waals surface area contributed by atoms with Crippen LogP contribution in [0.1, 0.15) is 11.8 Å². The molecule has 9 heteroatoms. The second kappa shape index (κ2) is 6.59. The Morgan fingerprint density at radius 1 is 1.26 bits per heavy atom. The van der Waals surface area contributed by atoms with Gasteiger partial charge < -0.3 is 20.3 Å². The topological polar surface area (TPSA) is 105 Å². The number of anilines is 2. The first-order chi connectivity index (χ1) is 13.0. The lowest BCUT2D eigenvalue weighted by Gasteiger charge is -2.16. The SMILES string of the molecule is C#C[C@H]1O[C@@H](n2cnc3c(Nc4ccc(F)cc4C)ncnc32)[C@H](O)[C@@H]1O. The normalized spacial score (nSPS) is 24.9. The molecule has 3 N–H and O–H groups in total. The van der Waals surface area contributed by atoms with E-state index in [0.717, 1.165) is 0 Å². The molecule has 0 bridgehead atoms. The molecular formula is C18H16FN5O3. The second-order valence-electron chi connectivity index (χ2n) is 6.23. The van der Waals surface area contributed by atoms with Crippen molar-refractivity contribution < 1.29 is 19.3 Å². The highest BCUT2D eigenvalue weighted by Crippen LogP contribution is 2.32. The summed E-state index contributed by atoms with van der Waals surface area (Å²) in [4.78, 5) is 12.7. The van der Waals surface area contributed by atoms with Gasteiger partial charge in [0.25, 0.3) is 0 Å². The van der Waals surface area contributed by atoms with Crippen LogP contribution in [-0.4, -0.2) is 48.0 Å². The van der Waals surface area contributed by atoms with Crippen LogP contribution in [0.15, 0.2) is 30.9 Å². The summed E-state index contributed by atoms with van der Waals surface area (Å²) < 4.78 is 20.3. The highest BCUT2D eigenvalue weighted by Gasteiger charge is 2.43. The monoisotopic (exact) mass is 369 g/mol. The Bertz CT molecular complexity index is 1050. The predicted molar refractivity (Wildman–Crippen MR) is 94.5 cm³/mol. The molecular weight excluding hydrogens is 353 g/mol. The van der Waals surface area contributed by atoms with Gasteiger partial charge in [-0.3, -0.25) is 4.57 Å². The van der Waals surface area contributed by atoms with Crippen LogP contribution >= 0.6 is 0 Å². The Labute approximate surface area is 153 Å². The van der Waals surface area contributed by atoms with E-state index in [1.54, 1.807) is 13.0 Å². The van der Waals surface area contributed by atoms with E-state index in [2.05, 4.69) is 26.2 Å². The number of terminal acetylenes is 1. The van der Waals surface area contributed by atoms with Crippen molar-refractivity contribution in [2.24, 2.45) is 0 Å². The minimum Gasteiger partial charge on any atom is -0.386 e. The fraction of sp³-hybridized carbons (Fsp3) is 0.278. The number of halogens is 1. The van der Waals surface area contributed by atoms with Gasteiger partial charge in [-0.1, -0.05) is 5.92 Å². The maximum absolute atomic E-state index is 13.3. The molecule has 0 saturated carbocycles. The molecule has 0 spiro atoms. The Hall–Kier alpha value is -3.06. The lowest BCUT2D eigenvalue weighted by molar-refractivity contribution is -0.0230. The maximum atomic E-state index is 13.3. The summed E-state index contributed by atoms with van der Waals surface area (Å²) in [5.41, 5.74) is 2.19. The Morgan fingerprint density at radius 2 is 2.07 bits per heavy atom. The quantitative estimate of drug-likeness (QED) is 0.597. The number of nitrogens with zero attached hydrogens (tertiary/aromatic N) is 4. The molecule has 3 heterocycles. The number of aryl methyl sites for hydroxylation is 1. The number of nitrogens with one attached hydrogen (secondary N) is 1. The molecule has 0 aliphatic carbocycles. The summed E-state index contributed by atoms with van der Waals surface area (Å²) in [5.74, 6) is 2.38. The second-order valence-corrected chi connectivity index (χ2v) is 6.23. The zero-order valence-electron chi connectivity index (χ0n) is 14.2. The summed E-state index contributed by atoms with van der Waals surface area (Å²) in [5, 5.41) is 23.3. The standard InChI is InChI=1S/C18H16FN5O3/c1-3-12-14(25)15(26)18(27-12)24-8-22-13-16(20-7-21-17(13)24)23-11-5-4-10(19)6-9(11)2/h1,4-8,12,14-15,18,25-26H,2H3,(H,20,21,23)/t12-,14-,15-,18-/m1/s1. The summed E-state index contributed by atoms with van der Waals surface area (Å²) in [6.07, 6.45) is 3.79. The molecule has 0 unspecified atom stereocenters. The number of hydrogen-bond donors (Lipinski definition) is 3. The molecule has 1 aromatic carbocycles. The molecule has 0 amide bonds. The Morgan fingerprint density at radius 3 is 2.78 bits per heavy atom. The van der Waals surface area contributed by atoms with Crippen LogP contribution in [0.4, 0.5) is 15.9 Å². The zero-order chi connectivity index (χ0) is 19.1. The van der Waals surface area contributed by atoms with Crippen molar-refractivity contribution in [2.45, 2.75) is 31.5 Å². The van der Waals surface area contributed by atoms with E-state index in [0.29, 0.717) is 28.2 Å². The average molecular weight is 369 g/mol. The van der Waals surface area contributed by atoms with Crippen LogP contribution in [0.3, 0.4) is 0 Å². The third-order valence-corrected chi connectivity index (χ3v) is 4.48. The van der Waals surface area contributed by atoms with Gasteiger partial charge in [-0.2, -0.15) is 0 Å². The van der Waals surface area contributed by atoms with E-state index >= 15 is 0 Å². The number of hydrogen-bond acceptors (Lipinski definition) is 7. The minimum absolute atomic E-state index is 0.329. The average Bonchev–Trinajstić information content (AvgIpc) is 3.20. The van der Waals surface area contributed by atoms with Crippen molar-refractivity contribution >= 4 is 22.7 Å². The van der Waals surface area contributed by atoms with E-state index in [1.807, 2.05) is 0 Å². The van der Waals surface area contributed by atoms with Crippen LogP contribution in [-0.2, 0) is 4.74 Å². The maximum Gasteiger partial charge on any atom is 0.167 e. The van der Waals surface area contributed by atoms with Crippen LogP contribution in [0.5, 0.6) is 0 Å². The van der Waals surface area contributed by atoms with Crippen molar-refractivity contribution in [3.63, 3.8) is 0 Å². The van der Waals surface area contributed by atoms with Crippen molar-refractivity contribution in [1.29, 1.82) is 0 Å². The number of ether oxygens (including phenoxy) is 1. The highest BCUT2D eigenvalue weighted by molar-refractivity contribution is 5.85. The number of imidazole rings is 1. The summed E-state index contributed by atoms with van der Waals surface area (Å²) in [6, 6.07) is 4.35. The number of aromatic nitrogens is 4. The number of aliphatic hydroxyl groups excluding tert-OH is 2. The Kier molecular flexibility index (Phi) is 4.24. The molecule has 4 atom stereocenters. The van der Waals surface area contributed by atoms with Gasteiger partial charge in [0.15, 0.2) is 23.2 Å². The highest BCUT2D eigenvalue weighted by atomic mass is 19.1. The smallest absolute Gasteiger partial charge is 0.167 e. The number of benzene rings is 1. The first-order valence-electron chi connectivity index (χ1n) is 8.18. The lowest BCUT2D eigenvalue weighted by Crippen LogP contribution is -2.30. The van der Waals surface area contributed by atoms with Gasteiger partial charge in [-0.05, 0) is 30.7 Å². The van der Waals surface area contributed by atoms with Crippen molar-refractivity contribution in [3.05, 3.63) is 42.2 Å². The number of aliphatic hydroxyl groups is 2. The van der Waals surface area contributed by atoms with E-state index < -0.39 is 24.5 Å². The zero-order valence-corrected chi connectivity index (χ0v) is 14.2. The molecule has 1 fully saturated rings. The van der Waals surface area contributed by atoms with Crippen molar-refractivity contribution in [2.75, 3.05) is 5.32 Å². The van der Waals surface area contributed by atoms with Crippen LogP contribution in [0.2, 0.25) is 0 Å². The van der Waals surface area contributed by atoms with Crippen molar-refractivity contribution in [1.82, 2.24) is 19.5 Å². The molecule has 1 aliphatic rings. The van der Waals surface area contributed by atoms with Gasteiger partial charge in [-0.15, -0.1) is 6.42 Å². The number of fused-ring (bicyclic) bond motifs is 1. The molecule has 0 radical (unpaired) electrons. The largest absolute Gasteiger partial charge is 0.386 e. The fourth-order valence-corrected chi connectivity index (χ4v) is 3.05. The molecule has 1 aliphatic heterocycles. The molecule has 1 saturated heterocycles. The van der Waals surface area contributed by atoms with E-state index in [9.17, 15) is 14.6 Å². The van der Waals surface area contributed by atoms with Crippen molar-refractivity contribution in [3.8, 4) is 12.3 Å². The van der Waals surface area contributed by atoms with Gasteiger partial charge in [-0.25, -0.2) is 19.3 Å². The van der Waals surface area contributed by atoms with Gasteiger partial charge in [0.2, 0.25) is 0 Å². The van der Waals surface area contributed by atoms with Crippen LogP contribution < -0.4 is 5.32 Å². The molecule has 4 rings (SSSR count). The third-order valence-electron chi connectivity index (χ3n) is 4.48. The van der Waals surface area contributed by atoms with Gasteiger partial charge in [0.1, 0.15) is 30.5 Å². The first kappa shape index (κ1) is 17.4. The van der Waals surface area contributed by atoms with E-state index in [-0.39, 0.29) is 5.82 Å². The van der Waals surface area contributed by atoms with Gasteiger partial charge >= 0.3 is 0 Å². The molecule has 8 nitrogen and oxygen atoms in total. The molecule has 2 aromatic heterocycles. The number of rotatable bonds is 3. The molecule has 3 aromatic rings. The summed E-state index contributed by atoms with van der Waals surface area (Å²) in [7, 11) is 0. The van der Waals surface area contributed by atoms with Crippen LogP contribution in [0, 0.1) is 25.1 Å². The summed E-state index contributed by atoms with van der Waals surface area (Å²) in [6.45, 7) is 1.77. The first-order valence-corrected chi connectivity index (χ1v) is 8.18. The minimum atomic E-state index is -1.23. The fourth-order valence-electron chi connectivity index (χ4n) is 3.05. The third kappa shape index (κ3) is 2.90. The molecule has 138 valence electrons. The summed E-state index contributed by atoms with van der Waals surface area (Å²) >= 11 is 0. The molecule has 27 heavy (non-hydrogen) atoms. The van der Waals surface area contributed by atoms with Crippen LogP contribution in [0.25, 0.3) is 11.2 Å².